The van der Waals surface area contributed by atoms with Gasteiger partial charge in [-0.2, -0.15) is 0 Å². The number of hydrogen-bond acceptors (Lipinski definition) is 6. The van der Waals surface area contributed by atoms with Crippen LogP contribution in [0.15, 0.2) is 12.7 Å². The molecule has 2 aliphatic rings. The Morgan fingerprint density at radius 1 is 1.21 bits per heavy atom. The standard InChI is InChI=1S/C12H15N5O2/c1-2-12(18-4-5-19-12)6-17(3-1)11-9-10(14-7-13-9)15-8-16-11/h7-8H,1-6H2,(H,13,14,15,16). The number of fused-ring (bicyclic) bond motifs is 1. The molecule has 2 aliphatic heterocycles. The molecule has 2 aromatic heterocycles. The van der Waals surface area contributed by atoms with Crippen LogP contribution in [-0.4, -0.2) is 52.0 Å². The molecule has 1 N–H and O–H groups in total. The van der Waals surface area contributed by atoms with Gasteiger partial charge in [0.2, 0.25) is 0 Å². The highest BCUT2D eigenvalue weighted by molar-refractivity contribution is 5.82. The number of rotatable bonds is 1. The number of hydrogen-bond donors (Lipinski definition) is 1. The van der Waals surface area contributed by atoms with Gasteiger partial charge in [0.05, 0.1) is 26.1 Å². The van der Waals surface area contributed by atoms with E-state index in [4.69, 9.17) is 9.47 Å². The van der Waals surface area contributed by atoms with Gasteiger partial charge in [0.1, 0.15) is 11.8 Å². The van der Waals surface area contributed by atoms with E-state index in [1.807, 2.05) is 0 Å². The maximum Gasteiger partial charge on any atom is 0.186 e. The lowest BCUT2D eigenvalue weighted by molar-refractivity contribution is -0.161. The summed E-state index contributed by atoms with van der Waals surface area (Å²) in [5.41, 5.74) is 1.57. The van der Waals surface area contributed by atoms with E-state index in [2.05, 4.69) is 24.8 Å². The molecule has 19 heavy (non-hydrogen) atoms. The van der Waals surface area contributed by atoms with E-state index in [1.54, 1.807) is 12.7 Å². The van der Waals surface area contributed by atoms with Gasteiger partial charge >= 0.3 is 0 Å². The first-order valence-corrected chi connectivity index (χ1v) is 6.53. The number of anilines is 1. The molecule has 4 rings (SSSR count). The molecule has 100 valence electrons. The van der Waals surface area contributed by atoms with Crippen molar-refractivity contribution in [2.45, 2.75) is 18.6 Å². The Balaban J connectivity index is 1.70. The average Bonchev–Trinajstić information content (AvgIpc) is 3.07. The number of imidazole rings is 1. The molecule has 0 saturated carbocycles. The monoisotopic (exact) mass is 261 g/mol. The van der Waals surface area contributed by atoms with E-state index < -0.39 is 5.79 Å². The van der Waals surface area contributed by atoms with Crippen LogP contribution in [-0.2, 0) is 9.47 Å². The molecule has 0 amide bonds. The summed E-state index contributed by atoms with van der Waals surface area (Å²) in [6.45, 7) is 3.01. The van der Waals surface area contributed by atoms with Crippen molar-refractivity contribution < 1.29 is 9.47 Å². The second-order valence-electron chi connectivity index (χ2n) is 4.93. The molecule has 2 aromatic rings. The number of ether oxygens (including phenoxy) is 2. The molecule has 0 aromatic carbocycles. The minimum absolute atomic E-state index is 0.449. The summed E-state index contributed by atoms with van der Waals surface area (Å²) in [5.74, 6) is 0.427. The highest BCUT2D eigenvalue weighted by Crippen LogP contribution is 2.33. The Labute approximate surface area is 110 Å². The summed E-state index contributed by atoms with van der Waals surface area (Å²) >= 11 is 0. The SMILES string of the molecule is c1nc(N2CCCC3(C2)OCCO3)c2[nH]cnc2n1. The van der Waals surface area contributed by atoms with Crippen LogP contribution in [0.3, 0.4) is 0 Å². The predicted octanol–water partition coefficient (Wildman–Crippen LogP) is 0.696. The number of aromatic nitrogens is 4. The molecular formula is C12H15N5O2. The molecule has 0 unspecified atom stereocenters. The fourth-order valence-electron chi connectivity index (χ4n) is 2.89. The summed E-state index contributed by atoms with van der Waals surface area (Å²) in [7, 11) is 0. The molecule has 2 saturated heterocycles. The van der Waals surface area contributed by atoms with Gasteiger partial charge in [-0.05, 0) is 6.42 Å². The van der Waals surface area contributed by atoms with Crippen LogP contribution in [0.1, 0.15) is 12.8 Å². The van der Waals surface area contributed by atoms with Crippen molar-refractivity contribution in [3.63, 3.8) is 0 Å². The Hall–Kier alpha value is -1.73. The third-order valence-electron chi connectivity index (χ3n) is 3.73. The van der Waals surface area contributed by atoms with Gasteiger partial charge in [0.25, 0.3) is 0 Å². The maximum absolute atomic E-state index is 5.79. The fourth-order valence-corrected chi connectivity index (χ4v) is 2.89. The molecule has 4 heterocycles. The molecular weight excluding hydrogens is 246 g/mol. The highest BCUT2D eigenvalue weighted by atomic mass is 16.7. The van der Waals surface area contributed by atoms with Gasteiger partial charge in [-0.1, -0.05) is 0 Å². The molecule has 0 atom stereocenters. The molecule has 1 spiro atoms. The Morgan fingerprint density at radius 3 is 3.00 bits per heavy atom. The largest absolute Gasteiger partial charge is 0.349 e. The molecule has 2 fully saturated rings. The second-order valence-corrected chi connectivity index (χ2v) is 4.93. The van der Waals surface area contributed by atoms with Gasteiger partial charge in [0.15, 0.2) is 17.3 Å². The van der Waals surface area contributed by atoms with E-state index in [0.29, 0.717) is 25.4 Å². The number of nitrogens with zero attached hydrogens (tertiary/aromatic N) is 4. The fraction of sp³-hybridized carbons (Fsp3) is 0.583. The van der Waals surface area contributed by atoms with Crippen LogP contribution in [0.25, 0.3) is 11.2 Å². The van der Waals surface area contributed by atoms with Gasteiger partial charge in [0, 0.05) is 13.0 Å². The number of aromatic amines is 1. The van der Waals surface area contributed by atoms with Gasteiger partial charge in [-0.3, -0.25) is 0 Å². The topological polar surface area (TPSA) is 76.2 Å². The summed E-state index contributed by atoms with van der Waals surface area (Å²) < 4.78 is 11.6. The minimum atomic E-state index is -0.449. The number of nitrogens with one attached hydrogen (secondary N) is 1. The normalized spacial score (nSPS) is 22.4. The third-order valence-corrected chi connectivity index (χ3v) is 3.73. The third kappa shape index (κ3) is 1.77. The van der Waals surface area contributed by atoms with Crippen LogP contribution in [0.4, 0.5) is 5.82 Å². The number of piperidine rings is 1. The van der Waals surface area contributed by atoms with Gasteiger partial charge in [-0.15, -0.1) is 0 Å². The van der Waals surface area contributed by atoms with E-state index in [9.17, 15) is 0 Å². The number of H-pyrrole nitrogens is 1. The zero-order valence-corrected chi connectivity index (χ0v) is 10.5. The maximum atomic E-state index is 5.79. The molecule has 0 aliphatic carbocycles. The average molecular weight is 261 g/mol. The van der Waals surface area contributed by atoms with Crippen LogP contribution in [0.2, 0.25) is 0 Å². The summed E-state index contributed by atoms with van der Waals surface area (Å²) in [6, 6.07) is 0. The first-order chi connectivity index (χ1) is 9.36. The van der Waals surface area contributed by atoms with Crippen LogP contribution in [0.5, 0.6) is 0 Å². The zero-order chi connectivity index (χ0) is 12.7. The summed E-state index contributed by atoms with van der Waals surface area (Å²) in [6.07, 6.45) is 5.17. The van der Waals surface area contributed by atoms with Crippen molar-refractivity contribution in [2.75, 3.05) is 31.2 Å². The molecule has 0 bridgehead atoms. The first-order valence-electron chi connectivity index (χ1n) is 6.53. The van der Waals surface area contributed by atoms with E-state index in [0.717, 1.165) is 30.7 Å². The lowest BCUT2D eigenvalue weighted by atomic mass is 10.0. The smallest absolute Gasteiger partial charge is 0.186 e. The predicted molar refractivity (Wildman–Crippen MR) is 67.8 cm³/mol. The molecule has 7 heteroatoms. The van der Waals surface area contributed by atoms with Crippen molar-refractivity contribution in [3.8, 4) is 0 Å². The Morgan fingerprint density at radius 2 is 2.11 bits per heavy atom. The van der Waals surface area contributed by atoms with Crippen LogP contribution < -0.4 is 4.90 Å². The molecule has 7 nitrogen and oxygen atoms in total. The minimum Gasteiger partial charge on any atom is -0.349 e. The summed E-state index contributed by atoms with van der Waals surface area (Å²) in [4.78, 5) is 18.0. The van der Waals surface area contributed by atoms with Crippen LogP contribution in [0, 0.1) is 0 Å². The van der Waals surface area contributed by atoms with Gasteiger partial charge in [-0.25, -0.2) is 15.0 Å². The molecule has 0 radical (unpaired) electrons. The highest BCUT2D eigenvalue weighted by Gasteiger charge is 2.41. The zero-order valence-electron chi connectivity index (χ0n) is 10.5. The van der Waals surface area contributed by atoms with Crippen molar-refractivity contribution in [1.29, 1.82) is 0 Å². The Bertz CT molecular complexity index is 593. The first kappa shape index (κ1) is 11.1. The lowest BCUT2D eigenvalue weighted by Crippen LogP contribution is -2.49. The lowest BCUT2D eigenvalue weighted by Gasteiger charge is -2.39. The quantitative estimate of drug-likeness (QED) is 0.814. The summed E-state index contributed by atoms with van der Waals surface area (Å²) in [5, 5.41) is 0. The van der Waals surface area contributed by atoms with E-state index >= 15 is 0 Å². The van der Waals surface area contributed by atoms with Crippen molar-refractivity contribution in [1.82, 2.24) is 19.9 Å². The van der Waals surface area contributed by atoms with Crippen LogP contribution >= 0.6 is 0 Å². The van der Waals surface area contributed by atoms with Crippen molar-refractivity contribution in [2.24, 2.45) is 0 Å². The second kappa shape index (κ2) is 4.14. The van der Waals surface area contributed by atoms with Gasteiger partial charge < -0.3 is 19.4 Å². The van der Waals surface area contributed by atoms with E-state index in [-0.39, 0.29) is 0 Å². The van der Waals surface area contributed by atoms with Crippen molar-refractivity contribution in [3.05, 3.63) is 12.7 Å². The Kier molecular flexibility index (Phi) is 2.42. The van der Waals surface area contributed by atoms with Crippen molar-refractivity contribution >= 4 is 17.0 Å². The van der Waals surface area contributed by atoms with E-state index in [1.165, 1.54) is 0 Å².